The Balaban J connectivity index is 1.75. The van der Waals surface area contributed by atoms with E-state index in [1.807, 2.05) is 42.5 Å². The lowest BCUT2D eigenvalue weighted by Gasteiger charge is -2.20. The second-order valence-corrected chi connectivity index (χ2v) is 7.39. The molecule has 0 radical (unpaired) electrons. The molecule has 0 aliphatic rings. The highest BCUT2D eigenvalue weighted by molar-refractivity contribution is 6.15. The van der Waals surface area contributed by atoms with Gasteiger partial charge in [-0.1, -0.05) is 66.7 Å². The van der Waals surface area contributed by atoms with Gasteiger partial charge in [-0.3, -0.25) is 0 Å². The molecule has 0 heterocycles. The average molecular weight is 402 g/mol. The summed E-state index contributed by atoms with van der Waals surface area (Å²) in [5.41, 5.74) is 4.58. The molecule has 0 bridgehead atoms. The molecule has 0 unspecified atom stereocenters. The van der Waals surface area contributed by atoms with Crippen molar-refractivity contribution in [1.82, 2.24) is 0 Å². The van der Waals surface area contributed by atoms with Crippen LogP contribution in [0.3, 0.4) is 0 Å². The molecule has 0 fully saturated rings. The van der Waals surface area contributed by atoms with Crippen LogP contribution in [0.2, 0.25) is 0 Å². The van der Waals surface area contributed by atoms with Crippen molar-refractivity contribution < 1.29 is 0 Å². The van der Waals surface area contributed by atoms with E-state index in [9.17, 15) is 5.26 Å². The zero-order valence-corrected chi connectivity index (χ0v) is 17.8. The highest BCUT2D eigenvalue weighted by Crippen LogP contribution is 2.38. The topological polar surface area (TPSA) is 31.4 Å². The second kappa shape index (κ2) is 8.74. The molecule has 4 aromatic carbocycles. The molecule has 0 saturated carbocycles. The van der Waals surface area contributed by atoms with Gasteiger partial charge in [0.1, 0.15) is 6.07 Å². The number of nitrogens with zero attached hydrogens (tertiary/aromatic N) is 3. The Kier molecular flexibility index (Phi) is 5.69. The van der Waals surface area contributed by atoms with Crippen LogP contribution in [0.1, 0.15) is 30.5 Å². The molecule has 4 rings (SSSR count). The molecule has 150 valence electrons. The molecule has 0 aromatic heterocycles. The minimum Gasteiger partial charge on any atom is -0.372 e. The molecular formula is C28H23N3. The first-order valence-electron chi connectivity index (χ1n) is 10.5. The van der Waals surface area contributed by atoms with Gasteiger partial charge in [-0.25, -0.2) is 4.85 Å². The van der Waals surface area contributed by atoms with Gasteiger partial charge in [0, 0.05) is 18.8 Å². The van der Waals surface area contributed by atoms with E-state index in [-0.39, 0.29) is 0 Å². The molecule has 0 spiro atoms. The molecule has 0 N–H and O–H groups in total. The van der Waals surface area contributed by atoms with Gasteiger partial charge in [0.05, 0.1) is 12.1 Å². The SMILES string of the molecule is [C-]#[N+]c1c2ccccc2c(C#N)c2ccc(/C=C/c3ccc(N(CC)CC)cc3)cc12. The maximum Gasteiger partial charge on any atom is 0.202 e. The summed E-state index contributed by atoms with van der Waals surface area (Å²) in [5, 5.41) is 13.1. The van der Waals surface area contributed by atoms with Crippen molar-refractivity contribution in [2.45, 2.75) is 13.8 Å². The Labute approximate surface area is 183 Å². The highest BCUT2D eigenvalue weighted by atomic mass is 15.1. The van der Waals surface area contributed by atoms with Crippen molar-refractivity contribution in [3.8, 4) is 6.07 Å². The van der Waals surface area contributed by atoms with Crippen LogP contribution in [0.15, 0.2) is 66.7 Å². The van der Waals surface area contributed by atoms with E-state index in [0.717, 1.165) is 45.8 Å². The number of rotatable bonds is 5. The molecule has 0 saturated heterocycles. The number of hydrogen-bond donors (Lipinski definition) is 0. The molecule has 0 amide bonds. The molecule has 31 heavy (non-hydrogen) atoms. The summed E-state index contributed by atoms with van der Waals surface area (Å²) >= 11 is 0. The van der Waals surface area contributed by atoms with Gasteiger partial charge in [-0.15, -0.1) is 0 Å². The van der Waals surface area contributed by atoms with Crippen LogP contribution in [0.25, 0.3) is 38.5 Å². The van der Waals surface area contributed by atoms with Gasteiger partial charge in [0.25, 0.3) is 0 Å². The lowest BCUT2D eigenvalue weighted by atomic mass is 9.94. The lowest BCUT2D eigenvalue weighted by Crippen LogP contribution is -2.21. The van der Waals surface area contributed by atoms with E-state index >= 15 is 0 Å². The van der Waals surface area contributed by atoms with Crippen LogP contribution >= 0.6 is 0 Å². The summed E-state index contributed by atoms with van der Waals surface area (Å²) < 4.78 is 0. The van der Waals surface area contributed by atoms with Gasteiger partial charge in [0.2, 0.25) is 5.69 Å². The fraction of sp³-hybridized carbons (Fsp3) is 0.143. The first-order chi connectivity index (χ1) is 15.2. The van der Waals surface area contributed by atoms with Gasteiger partial charge >= 0.3 is 0 Å². The zero-order valence-electron chi connectivity index (χ0n) is 17.8. The summed E-state index contributed by atoms with van der Waals surface area (Å²) in [4.78, 5) is 6.14. The van der Waals surface area contributed by atoms with E-state index < -0.39 is 0 Å². The molecule has 0 aliphatic heterocycles. The summed E-state index contributed by atoms with van der Waals surface area (Å²) in [6.07, 6.45) is 4.14. The van der Waals surface area contributed by atoms with E-state index in [4.69, 9.17) is 6.57 Å². The van der Waals surface area contributed by atoms with Crippen molar-refractivity contribution in [3.63, 3.8) is 0 Å². The van der Waals surface area contributed by atoms with Crippen molar-refractivity contribution in [1.29, 1.82) is 5.26 Å². The minimum atomic E-state index is 0.600. The zero-order chi connectivity index (χ0) is 21.8. The summed E-state index contributed by atoms with van der Waals surface area (Å²) in [6.45, 7) is 14.1. The first-order valence-corrected chi connectivity index (χ1v) is 10.5. The maximum absolute atomic E-state index is 9.77. The Morgan fingerprint density at radius 1 is 0.839 bits per heavy atom. The van der Waals surface area contributed by atoms with Crippen LogP contribution in [0.5, 0.6) is 0 Å². The number of benzene rings is 4. The normalized spacial score (nSPS) is 11.0. The van der Waals surface area contributed by atoms with Crippen molar-refractivity contribution in [2.75, 3.05) is 18.0 Å². The van der Waals surface area contributed by atoms with Gasteiger partial charge in [-0.05, 0) is 58.7 Å². The summed E-state index contributed by atoms with van der Waals surface area (Å²) in [7, 11) is 0. The van der Waals surface area contributed by atoms with E-state index in [2.05, 4.69) is 66.1 Å². The Bertz CT molecular complexity index is 1360. The quantitative estimate of drug-likeness (QED) is 0.198. The van der Waals surface area contributed by atoms with Gasteiger partial charge < -0.3 is 4.90 Å². The first kappa shape index (κ1) is 20.2. The molecule has 4 aromatic rings. The monoisotopic (exact) mass is 401 g/mol. The molecule has 0 aliphatic carbocycles. The van der Waals surface area contributed by atoms with Crippen molar-refractivity contribution in [2.24, 2.45) is 0 Å². The number of fused-ring (bicyclic) bond motifs is 2. The van der Waals surface area contributed by atoms with Gasteiger partial charge in [0.15, 0.2) is 0 Å². The minimum absolute atomic E-state index is 0.600. The average Bonchev–Trinajstić information content (AvgIpc) is 2.82. The third kappa shape index (κ3) is 3.75. The molecule has 3 nitrogen and oxygen atoms in total. The fourth-order valence-electron chi connectivity index (χ4n) is 4.10. The third-order valence-electron chi connectivity index (χ3n) is 5.73. The second-order valence-electron chi connectivity index (χ2n) is 7.39. The van der Waals surface area contributed by atoms with E-state index in [1.165, 1.54) is 5.69 Å². The van der Waals surface area contributed by atoms with E-state index in [1.54, 1.807) is 0 Å². The van der Waals surface area contributed by atoms with Crippen LogP contribution in [-0.4, -0.2) is 13.1 Å². The standard InChI is InChI=1S/C28H23N3/c1-4-31(5-2)22-15-12-20(13-16-22)10-11-21-14-17-24-26(18-21)28(30-3)25-9-7-6-8-23(25)27(24)19-29/h6-18H,4-5H2,1-2H3/b11-10+. The summed E-state index contributed by atoms with van der Waals surface area (Å²) in [6, 6.07) is 24.5. The number of anilines is 1. The van der Waals surface area contributed by atoms with Gasteiger partial charge in [-0.2, -0.15) is 5.26 Å². The smallest absolute Gasteiger partial charge is 0.202 e. The fourth-order valence-corrected chi connectivity index (χ4v) is 4.10. The van der Waals surface area contributed by atoms with Crippen LogP contribution in [-0.2, 0) is 0 Å². The predicted octanol–water partition coefficient (Wildman–Crippen LogP) is 7.43. The molecule has 0 atom stereocenters. The number of hydrogen-bond acceptors (Lipinski definition) is 2. The molecule has 3 heteroatoms. The third-order valence-corrected chi connectivity index (χ3v) is 5.73. The Morgan fingerprint density at radius 2 is 1.45 bits per heavy atom. The van der Waals surface area contributed by atoms with Crippen molar-refractivity contribution >= 4 is 45.1 Å². The van der Waals surface area contributed by atoms with Crippen LogP contribution in [0, 0.1) is 17.9 Å². The van der Waals surface area contributed by atoms with Crippen molar-refractivity contribution in [3.05, 3.63) is 94.8 Å². The Morgan fingerprint density at radius 3 is 2.10 bits per heavy atom. The molecular weight excluding hydrogens is 378 g/mol. The highest BCUT2D eigenvalue weighted by Gasteiger charge is 2.13. The number of nitriles is 1. The summed E-state index contributed by atoms with van der Waals surface area (Å²) in [5.74, 6) is 0. The Hall–Kier alpha value is -4.08. The van der Waals surface area contributed by atoms with Crippen LogP contribution < -0.4 is 4.90 Å². The van der Waals surface area contributed by atoms with E-state index in [0.29, 0.717) is 11.3 Å². The predicted molar refractivity (Wildman–Crippen MR) is 131 cm³/mol. The largest absolute Gasteiger partial charge is 0.372 e. The maximum atomic E-state index is 9.77. The lowest BCUT2D eigenvalue weighted by molar-refractivity contribution is 0.866. The van der Waals surface area contributed by atoms with Crippen LogP contribution in [0.4, 0.5) is 11.4 Å².